The van der Waals surface area contributed by atoms with Crippen LogP contribution in [0.1, 0.15) is 40.2 Å². The van der Waals surface area contributed by atoms with Crippen LogP contribution in [0.15, 0.2) is 54.6 Å². The molecule has 28 heavy (non-hydrogen) atoms. The maximum atomic E-state index is 12.0. The average Bonchev–Trinajstić information content (AvgIpc) is 2.74. The predicted octanol–water partition coefficient (Wildman–Crippen LogP) is 4.30. The number of amides is 1. The van der Waals surface area contributed by atoms with Gasteiger partial charge in [-0.3, -0.25) is 4.79 Å². The summed E-state index contributed by atoms with van der Waals surface area (Å²) in [6.45, 7) is 4.87. The number of nitrogens with one attached hydrogen (secondary N) is 1. The zero-order chi connectivity index (χ0) is 19.6. The first-order chi connectivity index (χ1) is 13.5. The van der Waals surface area contributed by atoms with Gasteiger partial charge in [0.05, 0.1) is 5.60 Å². The van der Waals surface area contributed by atoms with Crippen molar-refractivity contribution in [1.82, 2.24) is 4.90 Å². The van der Waals surface area contributed by atoms with Crippen LogP contribution in [0.2, 0.25) is 0 Å². The lowest BCUT2D eigenvalue weighted by atomic mass is 9.66. The fourth-order valence-electron chi connectivity index (χ4n) is 5.07. The molecule has 2 unspecified atom stereocenters. The largest absolute Gasteiger partial charge is 0.385 e. The van der Waals surface area contributed by atoms with Crippen molar-refractivity contribution >= 4 is 11.6 Å². The van der Waals surface area contributed by atoms with E-state index >= 15 is 0 Å². The van der Waals surface area contributed by atoms with E-state index in [9.17, 15) is 9.90 Å². The minimum atomic E-state index is -0.804. The second-order valence-electron chi connectivity index (χ2n) is 8.41. The monoisotopic (exact) mass is 382 g/mol. The molecule has 1 amide bonds. The smallest absolute Gasteiger partial charge is 0.221 e. The minimum absolute atomic E-state index is 0. The van der Waals surface area contributed by atoms with Crippen LogP contribution < -0.4 is 5.32 Å². The molecule has 0 saturated carbocycles. The highest BCUT2D eigenvalue weighted by Crippen LogP contribution is 2.45. The van der Waals surface area contributed by atoms with E-state index in [-0.39, 0.29) is 14.7 Å². The summed E-state index contributed by atoms with van der Waals surface area (Å²) >= 11 is 0. The topological polar surface area (TPSA) is 52.6 Å². The lowest BCUT2D eigenvalue weighted by Crippen LogP contribution is -2.55. The summed E-state index contributed by atoms with van der Waals surface area (Å²) in [4.78, 5) is 13.7. The van der Waals surface area contributed by atoms with Crippen molar-refractivity contribution in [2.45, 2.75) is 38.2 Å². The van der Waals surface area contributed by atoms with E-state index in [1.54, 1.807) is 0 Å². The number of aryl methyl sites for hydroxylation is 1. The third-order valence-electron chi connectivity index (χ3n) is 6.61. The van der Waals surface area contributed by atoms with Crippen LogP contribution in [-0.2, 0) is 16.8 Å². The van der Waals surface area contributed by atoms with Crippen molar-refractivity contribution in [2.24, 2.45) is 11.8 Å². The Hall–Kier alpha value is -2.17. The average molecular weight is 383 g/mol. The molecule has 3 aliphatic rings. The van der Waals surface area contributed by atoms with Crippen LogP contribution in [0, 0.1) is 11.8 Å². The summed E-state index contributed by atoms with van der Waals surface area (Å²) in [5, 5.41) is 14.8. The first-order valence-corrected chi connectivity index (χ1v) is 10.4. The Morgan fingerprint density at radius 1 is 1.14 bits per heavy atom. The molecule has 3 aliphatic heterocycles. The number of fused-ring (bicyclic) bond motifs is 3. The summed E-state index contributed by atoms with van der Waals surface area (Å²) in [5.41, 5.74) is 2.24. The zero-order valence-corrected chi connectivity index (χ0v) is 16.6. The molecule has 3 saturated heterocycles. The molecule has 3 fully saturated rings. The number of rotatable bonds is 6. The SMILES string of the molecule is CC(=O)Nc1ccc(CCC(O)(c2ccccc2)C2CN3CCC2CC3)cc1.[HH].[HH]. The third kappa shape index (κ3) is 3.98. The molecular formula is C24H34N2O2. The number of aliphatic hydroxyl groups is 1. The maximum Gasteiger partial charge on any atom is 0.221 e. The number of carbonyl (C=O) groups excluding carboxylic acids is 1. The molecule has 3 heterocycles. The van der Waals surface area contributed by atoms with Crippen molar-refractivity contribution in [2.75, 3.05) is 25.0 Å². The summed E-state index contributed by atoms with van der Waals surface area (Å²) in [6.07, 6.45) is 3.93. The second kappa shape index (κ2) is 8.06. The van der Waals surface area contributed by atoms with Gasteiger partial charge in [0.1, 0.15) is 0 Å². The highest BCUT2D eigenvalue weighted by Gasteiger charge is 2.47. The van der Waals surface area contributed by atoms with Gasteiger partial charge < -0.3 is 15.3 Å². The van der Waals surface area contributed by atoms with Gasteiger partial charge in [-0.25, -0.2) is 0 Å². The second-order valence-corrected chi connectivity index (χ2v) is 8.41. The standard InChI is InChI=1S/C24H30N2O2.2H2/c1-18(27)25-22-9-7-19(8-10-22)11-14-24(28,21-5-3-2-4-6-21)23-17-26-15-12-20(23)13-16-26;;/h2-10,20,23,28H,11-17H2,1H3,(H,25,27);2*1H. The lowest BCUT2D eigenvalue weighted by molar-refractivity contribution is -0.114. The van der Waals surface area contributed by atoms with Crippen LogP contribution in [0.25, 0.3) is 0 Å². The normalized spacial score (nSPS) is 25.9. The molecule has 5 rings (SSSR count). The van der Waals surface area contributed by atoms with Crippen molar-refractivity contribution in [1.29, 1.82) is 0 Å². The zero-order valence-electron chi connectivity index (χ0n) is 16.6. The molecule has 0 aromatic heterocycles. The number of nitrogens with zero attached hydrogens (tertiary/aromatic N) is 1. The third-order valence-corrected chi connectivity index (χ3v) is 6.61. The van der Waals surface area contributed by atoms with E-state index in [1.165, 1.54) is 38.4 Å². The van der Waals surface area contributed by atoms with Gasteiger partial charge in [0, 0.05) is 27.9 Å². The fourth-order valence-corrected chi connectivity index (χ4v) is 5.07. The number of piperidine rings is 3. The highest BCUT2D eigenvalue weighted by molar-refractivity contribution is 5.88. The van der Waals surface area contributed by atoms with Crippen LogP contribution in [0.3, 0.4) is 0 Å². The Bertz CT molecular complexity index is 808. The summed E-state index contributed by atoms with van der Waals surface area (Å²) < 4.78 is 0. The first kappa shape index (κ1) is 19.2. The van der Waals surface area contributed by atoms with Crippen molar-refractivity contribution in [3.63, 3.8) is 0 Å². The van der Waals surface area contributed by atoms with E-state index in [1.807, 2.05) is 42.5 Å². The number of carbonyl (C=O) groups is 1. The summed E-state index contributed by atoms with van der Waals surface area (Å²) in [5.74, 6) is 0.835. The number of anilines is 1. The summed E-state index contributed by atoms with van der Waals surface area (Å²) in [6, 6.07) is 18.2. The molecule has 2 bridgehead atoms. The highest BCUT2D eigenvalue weighted by atomic mass is 16.3. The number of benzene rings is 2. The van der Waals surface area contributed by atoms with E-state index in [0.29, 0.717) is 12.3 Å². The molecule has 152 valence electrons. The van der Waals surface area contributed by atoms with Crippen molar-refractivity contribution in [3.8, 4) is 0 Å². The number of hydrogen-bond donors (Lipinski definition) is 2. The lowest BCUT2D eigenvalue weighted by Gasteiger charge is -2.51. The van der Waals surface area contributed by atoms with Crippen molar-refractivity contribution in [3.05, 3.63) is 65.7 Å². The molecule has 2 atom stereocenters. The van der Waals surface area contributed by atoms with Gasteiger partial charge in [0.25, 0.3) is 0 Å². The van der Waals surface area contributed by atoms with Gasteiger partial charge >= 0.3 is 0 Å². The van der Waals surface area contributed by atoms with Crippen molar-refractivity contribution < 1.29 is 12.8 Å². The molecule has 4 nitrogen and oxygen atoms in total. The Morgan fingerprint density at radius 2 is 1.82 bits per heavy atom. The Balaban J connectivity index is 0.00000160. The van der Waals surface area contributed by atoms with Gasteiger partial charge in [-0.1, -0.05) is 42.5 Å². The molecule has 2 aromatic rings. The van der Waals surface area contributed by atoms with Gasteiger partial charge in [-0.05, 0) is 68.0 Å². The predicted molar refractivity (Wildman–Crippen MR) is 116 cm³/mol. The molecule has 2 N–H and O–H groups in total. The Labute approximate surface area is 170 Å². The number of hydrogen-bond acceptors (Lipinski definition) is 3. The fraction of sp³-hybridized carbons (Fsp3) is 0.458. The van der Waals surface area contributed by atoms with E-state index in [0.717, 1.165) is 24.2 Å². The molecule has 0 aliphatic carbocycles. The van der Waals surface area contributed by atoms with Gasteiger partial charge in [0.15, 0.2) is 0 Å². The Kier molecular flexibility index (Phi) is 5.51. The van der Waals surface area contributed by atoms with Gasteiger partial charge in [0.2, 0.25) is 5.91 Å². The van der Waals surface area contributed by atoms with Crippen LogP contribution in [0.5, 0.6) is 0 Å². The van der Waals surface area contributed by atoms with E-state index in [2.05, 4.69) is 22.3 Å². The van der Waals surface area contributed by atoms with Gasteiger partial charge in [-0.15, -0.1) is 0 Å². The molecule has 4 heteroatoms. The summed E-state index contributed by atoms with van der Waals surface area (Å²) in [7, 11) is 0. The quantitative estimate of drug-likeness (QED) is 0.783. The van der Waals surface area contributed by atoms with E-state index in [4.69, 9.17) is 0 Å². The molecule has 0 spiro atoms. The molecular weight excluding hydrogens is 348 g/mol. The molecule has 2 aromatic carbocycles. The maximum absolute atomic E-state index is 12.0. The van der Waals surface area contributed by atoms with Gasteiger partial charge in [-0.2, -0.15) is 0 Å². The van der Waals surface area contributed by atoms with E-state index < -0.39 is 5.60 Å². The first-order valence-electron chi connectivity index (χ1n) is 10.4. The minimum Gasteiger partial charge on any atom is -0.385 e. The van der Waals surface area contributed by atoms with Crippen LogP contribution in [-0.4, -0.2) is 35.5 Å². The molecule has 0 radical (unpaired) electrons. The Morgan fingerprint density at radius 3 is 2.39 bits per heavy atom. The van der Waals surface area contributed by atoms with Crippen LogP contribution >= 0.6 is 0 Å². The van der Waals surface area contributed by atoms with Crippen LogP contribution in [0.4, 0.5) is 5.69 Å².